The molecule has 0 unspecified atom stereocenters. The van der Waals surface area contributed by atoms with Gasteiger partial charge in [0.25, 0.3) is 0 Å². The van der Waals surface area contributed by atoms with Crippen LogP contribution in [-0.4, -0.2) is 45.0 Å². The lowest BCUT2D eigenvalue weighted by atomic mass is 9.98. The third kappa shape index (κ3) is 4.12. The minimum absolute atomic E-state index is 0.0228. The lowest BCUT2D eigenvalue weighted by Gasteiger charge is -2.30. The maximum Gasteiger partial charge on any atom is 0.148 e. The van der Waals surface area contributed by atoms with Crippen molar-refractivity contribution in [3.05, 3.63) is 40.9 Å². The largest absolute Gasteiger partial charge is 0.299 e. The van der Waals surface area contributed by atoms with E-state index in [1.807, 2.05) is 18.2 Å². The van der Waals surface area contributed by atoms with Gasteiger partial charge in [0, 0.05) is 30.9 Å². The van der Waals surface area contributed by atoms with Gasteiger partial charge in [0.15, 0.2) is 0 Å². The molecule has 22 heavy (non-hydrogen) atoms. The third-order valence-electron chi connectivity index (χ3n) is 4.57. The van der Waals surface area contributed by atoms with Crippen LogP contribution < -0.4 is 0 Å². The Morgan fingerprint density at radius 2 is 2.09 bits per heavy atom. The zero-order valence-electron chi connectivity index (χ0n) is 12.9. The summed E-state index contributed by atoms with van der Waals surface area (Å²) < 4.78 is 23.1. The molecule has 1 saturated carbocycles. The highest BCUT2D eigenvalue weighted by Gasteiger charge is 2.46. The van der Waals surface area contributed by atoms with E-state index in [9.17, 15) is 8.42 Å². The molecule has 1 aromatic rings. The summed E-state index contributed by atoms with van der Waals surface area (Å²) in [4.78, 5) is 2.38. The monoisotopic (exact) mass is 339 g/mol. The molecule has 3 rings (SSSR count). The van der Waals surface area contributed by atoms with E-state index in [0.717, 1.165) is 43.9 Å². The lowest BCUT2D eigenvalue weighted by Crippen LogP contribution is -2.36. The van der Waals surface area contributed by atoms with Gasteiger partial charge in [-0.2, -0.15) is 0 Å². The van der Waals surface area contributed by atoms with Crippen LogP contribution in [0.15, 0.2) is 30.3 Å². The second-order valence-corrected chi connectivity index (χ2v) is 9.37. The fourth-order valence-corrected chi connectivity index (χ4v) is 5.04. The van der Waals surface area contributed by atoms with Crippen molar-refractivity contribution in [1.29, 1.82) is 0 Å². The number of hydrogen-bond donors (Lipinski definition) is 0. The van der Waals surface area contributed by atoms with E-state index in [-0.39, 0.29) is 5.41 Å². The van der Waals surface area contributed by atoms with Crippen molar-refractivity contribution in [3.63, 3.8) is 0 Å². The first-order chi connectivity index (χ1) is 10.4. The summed E-state index contributed by atoms with van der Waals surface area (Å²) in [5, 5.41) is 0.769. The highest BCUT2D eigenvalue weighted by molar-refractivity contribution is 7.90. The summed E-state index contributed by atoms with van der Waals surface area (Å²) in [5.74, 6) is 0.335. The molecule has 0 N–H and O–H groups in total. The van der Waals surface area contributed by atoms with Crippen LogP contribution in [-0.2, 0) is 9.84 Å². The Labute approximate surface area is 137 Å². The summed E-state index contributed by atoms with van der Waals surface area (Å²) >= 11 is 6.06. The predicted molar refractivity (Wildman–Crippen MR) is 91.9 cm³/mol. The van der Waals surface area contributed by atoms with E-state index in [1.54, 1.807) is 0 Å². The smallest absolute Gasteiger partial charge is 0.148 e. The highest BCUT2D eigenvalue weighted by Crippen LogP contribution is 2.47. The Hall–Kier alpha value is -0.840. The molecule has 1 heterocycles. The molecule has 0 spiro atoms. The van der Waals surface area contributed by atoms with Gasteiger partial charge < -0.3 is 0 Å². The average molecular weight is 340 g/mol. The van der Waals surface area contributed by atoms with Crippen LogP contribution in [0.4, 0.5) is 0 Å². The van der Waals surface area contributed by atoms with Crippen molar-refractivity contribution in [3.8, 4) is 0 Å². The van der Waals surface area contributed by atoms with Crippen LogP contribution in [0.25, 0.3) is 5.57 Å². The fraction of sp³-hybridized carbons (Fsp3) is 0.529. The standard InChI is InChI=1S/C17H22ClNO2S/c1-22(20,21)13-17(7-8-17)12-19-9-5-14(6-10-19)15-3-2-4-16(18)11-15/h2-5,11H,6-10,12-13H2,1H3. The molecule has 3 nitrogen and oxygen atoms in total. The van der Waals surface area contributed by atoms with Crippen molar-refractivity contribution in [1.82, 2.24) is 4.90 Å². The van der Waals surface area contributed by atoms with Gasteiger partial charge in [-0.1, -0.05) is 29.8 Å². The van der Waals surface area contributed by atoms with E-state index >= 15 is 0 Å². The molecule has 1 aliphatic carbocycles. The molecule has 120 valence electrons. The normalized spacial score (nSPS) is 21.5. The number of nitrogens with zero attached hydrogens (tertiary/aromatic N) is 1. The fourth-order valence-electron chi connectivity index (χ4n) is 3.36. The second kappa shape index (κ2) is 5.99. The Morgan fingerprint density at radius 3 is 2.64 bits per heavy atom. The van der Waals surface area contributed by atoms with Crippen molar-refractivity contribution in [2.24, 2.45) is 5.41 Å². The second-order valence-electron chi connectivity index (χ2n) is 6.79. The summed E-state index contributed by atoms with van der Waals surface area (Å²) in [6, 6.07) is 7.98. The molecule has 1 fully saturated rings. The summed E-state index contributed by atoms with van der Waals surface area (Å²) in [6.07, 6.45) is 6.68. The number of rotatable bonds is 5. The molecular formula is C17H22ClNO2S. The van der Waals surface area contributed by atoms with E-state index < -0.39 is 9.84 Å². The molecule has 1 aromatic carbocycles. The minimum atomic E-state index is -2.89. The van der Waals surface area contributed by atoms with Gasteiger partial charge in [-0.25, -0.2) is 8.42 Å². The number of hydrogen-bond acceptors (Lipinski definition) is 3. The van der Waals surface area contributed by atoms with Crippen molar-refractivity contribution in [2.45, 2.75) is 19.3 Å². The first-order valence-electron chi connectivity index (χ1n) is 7.70. The van der Waals surface area contributed by atoms with Crippen molar-refractivity contribution in [2.75, 3.05) is 31.6 Å². The van der Waals surface area contributed by atoms with Crippen LogP contribution in [0.2, 0.25) is 5.02 Å². The molecule has 0 saturated heterocycles. The van der Waals surface area contributed by atoms with Crippen LogP contribution in [0.1, 0.15) is 24.8 Å². The van der Waals surface area contributed by atoms with E-state index in [1.165, 1.54) is 17.4 Å². The molecule has 1 aliphatic heterocycles. The maximum atomic E-state index is 11.6. The topological polar surface area (TPSA) is 37.4 Å². The molecule has 0 radical (unpaired) electrons. The molecule has 0 bridgehead atoms. The first-order valence-corrected chi connectivity index (χ1v) is 10.1. The Morgan fingerprint density at radius 1 is 1.32 bits per heavy atom. The van der Waals surface area contributed by atoms with E-state index in [4.69, 9.17) is 11.6 Å². The van der Waals surface area contributed by atoms with Gasteiger partial charge in [-0.15, -0.1) is 0 Å². The number of sulfone groups is 1. The van der Waals surface area contributed by atoms with Crippen molar-refractivity contribution >= 4 is 27.0 Å². The number of benzene rings is 1. The highest BCUT2D eigenvalue weighted by atomic mass is 35.5. The molecule has 0 atom stereocenters. The van der Waals surface area contributed by atoms with Gasteiger partial charge in [-0.3, -0.25) is 4.90 Å². The van der Waals surface area contributed by atoms with Crippen LogP contribution in [0, 0.1) is 5.41 Å². The quantitative estimate of drug-likeness (QED) is 0.826. The minimum Gasteiger partial charge on any atom is -0.299 e. The molecule has 5 heteroatoms. The van der Waals surface area contributed by atoms with Gasteiger partial charge in [0.05, 0.1) is 5.75 Å². The Kier molecular flexibility index (Phi) is 4.36. The third-order valence-corrected chi connectivity index (χ3v) is 5.95. The van der Waals surface area contributed by atoms with Crippen LogP contribution in [0.5, 0.6) is 0 Å². The Bertz CT molecular complexity index is 692. The lowest BCUT2D eigenvalue weighted by molar-refractivity contribution is 0.250. The summed E-state index contributed by atoms with van der Waals surface area (Å²) in [5.41, 5.74) is 2.56. The zero-order chi connectivity index (χ0) is 15.8. The van der Waals surface area contributed by atoms with Gasteiger partial charge >= 0.3 is 0 Å². The Balaban J connectivity index is 1.62. The van der Waals surface area contributed by atoms with Gasteiger partial charge in [-0.05, 0) is 47.9 Å². The molecule has 0 amide bonds. The number of halogens is 1. The first kappa shape index (κ1) is 16.0. The predicted octanol–water partition coefficient (Wildman–Crippen LogP) is 3.25. The molecular weight excluding hydrogens is 318 g/mol. The SMILES string of the molecule is CS(=O)(=O)CC1(CN2CC=C(c3cccc(Cl)c3)CC2)CC1. The van der Waals surface area contributed by atoms with Crippen LogP contribution in [0.3, 0.4) is 0 Å². The molecule has 2 aliphatic rings. The van der Waals surface area contributed by atoms with Gasteiger partial charge in [0.2, 0.25) is 0 Å². The van der Waals surface area contributed by atoms with Crippen LogP contribution >= 0.6 is 11.6 Å². The maximum absolute atomic E-state index is 11.6. The average Bonchev–Trinajstić information content (AvgIpc) is 3.16. The summed E-state index contributed by atoms with van der Waals surface area (Å²) in [6.45, 7) is 2.79. The van der Waals surface area contributed by atoms with Crippen molar-refractivity contribution < 1.29 is 8.42 Å². The summed E-state index contributed by atoms with van der Waals surface area (Å²) in [7, 11) is -2.89. The zero-order valence-corrected chi connectivity index (χ0v) is 14.5. The van der Waals surface area contributed by atoms with Gasteiger partial charge in [0.1, 0.15) is 9.84 Å². The molecule has 0 aromatic heterocycles. The van der Waals surface area contributed by atoms with E-state index in [0.29, 0.717) is 5.75 Å². The van der Waals surface area contributed by atoms with E-state index in [2.05, 4.69) is 17.0 Å².